The molecule has 1 fully saturated rings. The van der Waals surface area contributed by atoms with Crippen LogP contribution in [0.2, 0.25) is 0 Å². The SMILES string of the molecule is Cc1cc(N2Cc3ccccc3[S+]2[O-])nc(OC2CC(F)(F)C2)n1. The number of aromatic nitrogens is 2. The van der Waals surface area contributed by atoms with Crippen LogP contribution in [0.3, 0.4) is 0 Å². The van der Waals surface area contributed by atoms with Crippen LogP contribution in [0.15, 0.2) is 35.2 Å². The van der Waals surface area contributed by atoms with Gasteiger partial charge in [-0.3, -0.25) is 0 Å². The lowest BCUT2D eigenvalue weighted by molar-refractivity contribution is -0.136. The lowest BCUT2D eigenvalue weighted by atomic mass is 9.91. The number of fused-ring (bicyclic) bond motifs is 1. The summed E-state index contributed by atoms with van der Waals surface area (Å²) in [6.07, 6.45) is -1.21. The van der Waals surface area contributed by atoms with Gasteiger partial charge in [-0.2, -0.15) is 9.29 Å². The molecule has 1 aliphatic heterocycles. The standard InChI is InChI=1S/C16H15F2N3O2S/c1-10-6-14(20-15(19-10)23-12-7-16(17,18)8-12)21-9-11-4-2-3-5-13(11)24(21)22/h2-6,12H,7-9H2,1H3. The van der Waals surface area contributed by atoms with Gasteiger partial charge in [-0.25, -0.2) is 13.8 Å². The van der Waals surface area contributed by atoms with E-state index in [1.807, 2.05) is 24.3 Å². The summed E-state index contributed by atoms with van der Waals surface area (Å²) in [7, 11) is 0. The van der Waals surface area contributed by atoms with Gasteiger partial charge in [-0.05, 0) is 13.0 Å². The van der Waals surface area contributed by atoms with Crippen LogP contribution in [0.1, 0.15) is 24.1 Å². The van der Waals surface area contributed by atoms with Gasteiger partial charge in [0.15, 0.2) is 10.7 Å². The average molecular weight is 351 g/mol. The third-order valence-corrected chi connectivity index (χ3v) is 5.57. The van der Waals surface area contributed by atoms with Crippen LogP contribution in [-0.4, -0.2) is 26.5 Å². The Balaban J connectivity index is 1.56. The molecule has 24 heavy (non-hydrogen) atoms. The van der Waals surface area contributed by atoms with Crippen LogP contribution in [0, 0.1) is 6.92 Å². The summed E-state index contributed by atoms with van der Waals surface area (Å²) in [6, 6.07) is 9.26. The van der Waals surface area contributed by atoms with Gasteiger partial charge in [-0.15, -0.1) is 0 Å². The maximum Gasteiger partial charge on any atom is 0.319 e. The fourth-order valence-corrected chi connectivity index (χ4v) is 4.16. The van der Waals surface area contributed by atoms with E-state index in [1.165, 1.54) is 0 Å². The Bertz CT molecular complexity index is 782. The van der Waals surface area contributed by atoms with Crippen molar-refractivity contribution in [3.63, 3.8) is 0 Å². The highest BCUT2D eigenvalue weighted by atomic mass is 32.2. The largest absolute Gasteiger partial charge is 0.588 e. The molecule has 1 aromatic heterocycles. The van der Waals surface area contributed by atoms with E-state index in [-0.39, 0.29) is 18.9 Å². The van der Waals surface area contributed by atoms with E-state index in [1.54, 1.807) is 17.3 Å². The molecule has 0 saturated heterocycles. The number of ether oxygens (including phenoxy) is 1. The van der Waals surface area contributed by atoms with Crippen molar-refractivity contribution < 1.29 is 18.1 Å². The minimum absolute atomic E-state index is 0.0541. The molecule has 1 saturated carbocycles. The second-order valence-corrected chi connectivity index (χ2v) is 7.43. The van der Waals surface area contributed by atoms with E-state index < -0.39 is 23.4 Å². The van der Waals surface area contributed by atoms with Crippen LogP contribution in [0.4, 0.5) is 14.6 Å². The highest BCUT2D eigenvalue weighted by molar-refractivity contribution is 7.93. The fourth-order valence-electron chi connectivity index (χ4n) is 2.85. The maximum absolute atomic E-state index is 12.9. The second kappa shape index (κ2) is 5.56. The van der Waals surface area contributed by atoms with E-state index >= 15 is 0 Å². The molecule has 2 aliphatic rings. The molecule has 0 amide bonds. The molecule has 8 heteroatoms. The molecule has 1 aliphatic carbocycles. The Morgan fingerprint density at radius 1 is 1.29 bits per heavy atom. The maximum atomic E-state index is 12.9. The zero-order chi connectivity index (χ0) is 16.9. The van der Waals surface area contributed by atoms with Crippen LogP contribution in [0.5, 0.6) is 6.01 Å². The van der Waals surface area contributed by atoms with Crippen molar-refractivity contribution in [2.45, 2.75) is 43.2 Å². The van der Waals surface area contributed by atoms with Crippen molar-refractivity contribution in [1.29, 1.82) is 0 Å². The molecule has 2 aromatic rings. The number of aryl methyl sites for hydroxylation is 1. The van der Waals surface area contributed by atoms with E-state index in [0.717, 1.165) is 10.5 Å². The topological polar surface area (TPSA) is 61.3 Å². The summed E-state index contributed by atoms with van der Waals surface area (Å²) < 4.78 is 45.6. The zero-order valence-electron chi connectivity index (χ0n) is 12.9. The highest BCUT2D eigenvalue weighted by Crippen LogP contribution is 2.40. The number of nitrogens with zero attached hydrogens (tertiary/aromatic N) is 3. The molecular weight excluding hydrogens is 336 g/mol. The molecule has 0 radical (unpaired) electrons. The van der Waals surface area contributed by atoms with Crippen LogP contribution < -0.4 is 9.04 Å². The summed E-state index contributed by atoms with van der Waals surface area (Å²) in [6.45, 7) is 2.24. The highest BCUT2D eigenvalue weighted by Gasteiger charge is 2.47. The van der Waals surface area contributed by atoms with E-state index in [9.17, 15) is 13.3 Å². The molecule has 2 heterocycles. The lowest BCUT2D eigenvalue weighted by Crippen LogP contribution is -2.43. The molecule has 5 nitrogen and oxygen atoms in total. The van der Waals surface area contributed by atoms with E-state index in [4.69, 9.17) is 4.74 Å². The van der Waals surface area contributed by atoms with Crippen LogP contribution in [0.25, 0.3) is 0 Å². The number of rotatable bonds is 3. The second-order valence-electron chi connectivity index (χ2n) is 6.05. The Labute approximate surface area is 141 Å². The summed E-state index contributed by atoms with van der Waals surface area (Å²) in [4.78, 5) is 9.18. The van der Waals surface area contributed by atoms with E-state index in [2.05, 4.69) is 9.97 Å². The quantitative estimate of drug-likeness (QED) is 0.796. The van der Waals surface area contributed by atoms with Gasteiger partial charge in [0.05, 0.1) is 6.54 Å². The normalized spacial score (nSPS) is 22.2. The molecule has 1 unspecified atom stereocenters. The van der Waals surface area contributed by atoms with Gasteiger partial charge in [0.2, 0.25) is 0 Å². The first kappa shape index (κ1) is 15.6. The van der Waals surface area contributed by atoms with Gasteiger partial charge < -0.3 is 9.29 Å². The predicted octanol–water partition coefficient (Wildman–Crippen LogP) is 3.00. The zero-order valence-corrected chi connectivity index (χ0v) is 13.7. The Morgan fingerprint density at radius 3 is 2.75 bits per heavy atom. The van der Waals surface area contributed by atoms with Crippen molar-refractivity contribution in [3.8, 4) is 6.01 Å². The number of anilines is 1. The Kier molecular flexibility index (Phi) is 3.61. The van der Waals surface area contributed by atoms with Crippen molar-refractivity contribution >= 4 is 17.2 Å². The van der Waals surface area contributed by atoms with Gasteiger partial charge in [0.1, 0.15) is 17.5 Å². The number of benzene rings is 1. The number of halogens is 2. The van der Waals surface area contributed by atoms with Crippen molar-refractivity contribution in [3.05, 3.63) is 41.6 Å². The molecule has 0 bridgehead atoms. The van der Waals surface area contributed by atoms with Crippen molar-refractivity contribution in [2.24, 2.45) is 0 Å². The molecule has 1 aromatic carbocycles. The summed E-state index contributed by atoms with van der Waals surface area (Å²) in [5.41, 5.74) is 1.61. The smallest absolute Gasteiger partial charge is 0.319 e. The number of alkyl halides is 2. The third-order valence-electron chi connectivity index (χ3n) is 4.08. The first-order valence-electron chi connectivity index (χ1n) is 7.59. The minimum Gasteiger partial charge on any atom is -0.588 e. The lowest BCUT2D eigenvalue weighted by Gasteiger charge is -2.34. The monoisotopic (exact) mass is 351 g/mol. The molecule has 0 N–H and O–H groups in total. The van der Waals surface area contributed by atoms with E-state index in [0.29, 0.717) is 18.1 Å². The van der Waals surface area contributed by atoms with Gasteiger partial charge in [0.25, 0.3) is 5.92 Å². The minimum atomic E-state index is -2.66. The first-order valence-corrected chi connectivity index (χ1v) is 8.69. The fraction of sp³-hybridized carbons (Fsp3) is 0.375. The average Bonchev–Trinajstić information content (AvgIpc) is 2.82. The molecule has 126 valence electrons. The Hall–Kier alpha value is -1.93. The predicted molar refractivity (Wildman–Crippen MR) is 84.4 cm³/mol. The molecule has 0 spiro atoms. The van der Waals surface area contributed by atoms with Crippen LogP contribution >= 0.6 is 0 Å². The van der Waals surface area contributed by atoms with Crippen molar-refractivity contribution in [2.75, 3.05) is 4.31 Å². The summed E-state index contributed by atoms with van der Waals surface area (Å²) >= 11 is -1.35. The molecule has 4 rings (SSSR count). The summed E-state index contributed by atoms with van der Waals surface area (Å²) in [5.74, 6) is -2.19. The third kappa shape index (κ3) is 2.80. The molecular formula is C16H15F2N3O2S. The summed E-state index contributed by atoms with van der Waals surface area (Å²) in [5, 5.41) is 0. The molecule has 1 atom stereocenters. The van der Waals surface area contributed by atoms with Crippen LogP contribution in [-0.2, 0) is 17.9 Å². The van der Waals surface area contributed by atoms with Gasteiger partial charge >= 0.3 is 6.01 Å². The van der Waals surface area contributed by atoms with Gasteiger partial charge in [-0.1, -0.05) is 18.2 Å². The number of hydrogen-bond acceptors (Lipinski definition) is 5. The van der Waals surface area contributed by atoms with Gasteiger partial charge in [0, 0.05) is 30.2 Å². The Morgan fingerprint density at radius 2 is 2.04 bits per heavy atom. The van der Waals surface area contributed by atoms with Crippen molar-refractivity contribution in [1.82, 2.24) is 9.97 Å². The first-order chi connectivity index (χ1) is 11.4. The number of hydrogen-bond donors (Lipinski definition) is 0.